The van der Waals surface area contributed by atoms with E-state index < -0.39 is 48.7 Å². The molecule has 10 nitrogen and oxygen atoms in total. The van der Waals surface area contributed by atoms with E-state index in [1.54, 1.807) is 31.2 Å². The maximum Gasteiger partial charge on any atom is 0.328 e. The molecule has 0 aliphatic rings. The lowest BCUT2D eigenvalue weighted by molar-refractivity contribution is -0.155. The number of nitrogens with one attached hydrogen (secondary N) is 1. The molecule has 0 aliphatic carbocycles. The molecular weight excluding hydrogens is 523 g/mol. The monoisotopic (exact) mass is 554 g/mol. The van der Waals surface area contributed by atoms with Gasteiger partial charge in [0.2, 0.25) is 6.79 Å². The number of esters is 2. The van der Waals surface area contributed by atoms with Crippen LogP contribution in [-0.4, -0.2) is 48.9 Å². The van der Waals surface area contributed by atoms with E-state index in [2.05, 4.69) is 10.3 Å². The summed E-state index contributed by atoms with van der Waals surface area (Å²) in [5.74, 6) is -1.85. The number of amides is 1. The zero-order valence-electron chi connectivity index (χ0n) is 22.8. The molecule has 212 valence electrons. The Bertz CT molecular complexity index is 1310. The van der Waals surface area contributed by atoms with Crippen molar-refractivity contribution in [2.45, 2.75) is 45.9 Å². The molecule has 1 aromatic heterocycles. The maximum atomic E-state index is 13.6. The summed E-state index contributed by atoms with van der Waals surface area (Å²) in [5, 5.41) is 2.52. The first-order valence-electron chi connectivity index (χ1n) is 12.4. The van der Waals surface area contributed by atoms with Crippen LogP contribution in [0.1, 0.15) is 48.5 Å². The minimum atomic E-state index is -1.10. The predicted molar refractivity (Wildman–Crippen MR) is 141 cm³/mol. The van der Waals surface area contributed by atoms with E-state index in [1.165, 1.54) is 45.4 Å². The molecule has 0 saturated carbocycles. The van der Waals surface area contributed by atoms with Crippen LogP contribution in [0, 0.1) is 12.7 Å². The summed E-state index contributed by atoms with van der Waals surface area (Å²) in [6.45, 7) is 5.76. The zero-order chi connectivity index (χ0) is 29.2. The molecule has 0 unspecified atom stereocenters. The zero-order valence-corrected chi connectivity index (χ0v) is 22.8. The van der Waals surface area contributed by atoms with Gasteiger partial charge in [0.05, 0.1) is 7.11 Å². The highest BCUT2D eigenvalue weighted by molar-refractivity contribution is 5.98. The Kier molecular flexibility index (Phi) is 10.4. The van der Waals surface area contributed by atoms with Crippen molar-refractivity contribution in [2.24, 2.45) is 0 Å². The number of aryl methyl sites for hydroxylation is 1. The fraction of sp³-hybridized carbons (Fsp3) is 0.310. The summed E-state index contributed by atoms with van der Waals surface area (Å²) in [7, 11) is 1.37. The minimum Gasteiger partial charge on any atom is -0.493 e. The van der Waals surface area contributed by atoms with Crippen LogP contribution < -0.4 is 19.5 Å². The molecule has 0 saturated heterocycles. The van der Waals surface area contributed by atoms with Gasteiger partial charge in [0.25, 0.3) is 5.91 Å². The molecule has 2 aromatic carbocycles. The maximum absolute atomic E-state index is 13.6. The third kappa shape index (κ3) is 8.16. The third-order valence-electron chi connectivity index (χ3n) is 5.68. The fourth-order valence-electron chi connectivity index (χ4n) is 3.59. The van der Waals surface area contributed by atoms with Gasteiger partial charge in [-0.25, -0.2) is 14.2 Å². The molecule has 0 fully saturated rings. The summed E-state index contributed by atoms with van der Waals surface area (Å²) in [6.07, 6.45) is -0.264. The van der Waals surface area contributed by atoms with Crippen LogP contribution in [0.5, 0.6) is 17.2 Å². The van der Waals surface area contributed by atoms with Crippen molar-refractivity contribution in [3.05, 3.63) is 83.4 Å². The van der Waals surface area contributed by atoms with E-state index in [0.717, 1.165) is 5.56 Å². The third-order valence-corrected chi connectivity index (χ3v) is 5.68. The number of halogens is 1. The first kappa shape index (κ1) is 29.9. The van der Waals surface area contributed by atoms with Gasteiger partial charge in [-0.3, -0.25) is 9.59 Å². The highest BCUT2D eigenvalue weighted by atomic mass is 19.1. The average molecular weight is 555 g/mol. The number of aromatic nitrogens is 1. The Hall–Kier alpha value is -4.67. The standard InChI is InChI=1S/C29H31FN2O8/c1-17-6-12-23(13-7-17)40-26(21-8-10-22(30)11-9-21)19(3)39-29(35)18(2)32-28(34)25-27(38-16-37-20(4)33)24(36-5)14-15-31-25/h6-15,18-19,26H,16H2,1-5H3,(H,32,34)/t18-,19-,26-/m0/s1. The number of carbonyl (C=O) groups is 3. The van der Waals surface area contributed by atoms with E-state index in [4.69, 9.17) is 23.7 Å². The number of pyridine rings is 1. The van der Waals surface area contributed by atoms with Crippen LogP contribution in [-0.2, 0) is 19.1 Å². The van der Waals surface area contributed by atoms with Gasteiger partial charge in [-0.05, 0) is 50.6 Å². The van der Waals surface area contributed by atoms with E-state index in [0.29, 0.717) is 11.3 Å². The average Bonchev–Trinajstić information content (AvgIpc) is 2.93. The smallest absolute Gasteiger partial charge is 0.328 e. The molecule has 3 atom stereocenters. The number of methoxy groups -OCH3 is 1. The molecule has 3 aromatic rings. The van der Waals surface area contributed by atoms with Crippen LogP contribution in [0.3, 0.4) is 0 Å². The Balaban J connectivity index is 1.73. The number of hydrogen-bond donors (Lipinski definition) is 1. The van der Waals surface area contributed by atoms with Crippen LogP contribution in [0.2, 0.25) is 0 Å². The summed E-state index contributed by atoms with van der Waals surface area (Å²) < 4.78 is 40.7. The Morgan fingerprint density at radius 3 is 2.30 bits per heavy atom. The highest BCUT2D eigenvalue weighted by Crippen LogP contribution is 2.30. The Morgan fingerprint density at radius 1 is 1.00 bits per heavy atom. The topological polar surface area (TPSA) is 122 Å². The molecule has 3 rings (SSSR count). The SMILES string of the molecule is COc1ccnc(C(=O)N[C@@H](C)C(=O)O[C@@H](C)[C@H](Oc2ccc(C)cc2)c2ccc(F)cc2)c1OCOC(C)=O. The van der Waals surface area contributed by atoms with Gasteiger partial charge in [0, 0.05) is 19.2 Å². The van der Waals surface area contributed by atoms with Crippen molar-refractivity contribution in [1.82, 2.24) is 10.3 Å². The molecule has 40 heavy (non-hydrogen) atoms. The molecule has 0 bridgehead atoms. The van der Waals surface area contributed by atoms with E-state index in [1.807, 2.05) is 19.1 Å². The van der Waals surface area contributed by atoms with Crippen molar-refractivity contribution in [3.8, 4) is 17.2 Å². The van der Waals surface area contributed by atoms with Gasteiger partial charge in [-0.15, -0.1) is 0 Å². The molecule has 1 N–H and O–H groups in total. The van der Waals surface area contributed by atoms with Crippen molar-refractivity contribution in [2.75, 3.05) is 13.9 Å². The minimum absolute atomic E-state index is 0.0689. The van der Waals surface area contributed by atoms with Crippen LogP contribution >= 0.6 is 0 Å². The summed E-state index contributed by atoms with van der Waals surface area (Å²) in [6, 6.07) is 13.4. The van der Waals surface area contributed by atoms with Crippen LogP contribution in [0.25, 0.3) is 0 Å². The van der Waals surface area contributed by atoms with Crippen molar-refractivity contribution >= 4 is 17.8 Å². The van der Waals surface area contributed by atoms with Gasteiger partial charge >= 0.3 is 11.9 Å². The van der Waals surface area contributed by atoms with Gasteiger partial charge in [0.15, 0.2) is 23.3 Å². The second-order valence-electron chi connectivity index (χ2n) is 8.83. The van der Waals surface area contributed by atoms with Gasteiger partial charge in [-0.2, -0.15) is 0 Å². The Morgan fingerprint density at radius 2 is 1.68 bits per heavy atom. The second kappa shape index (κ2) is 13.9. The van der Waals surface area contributed by atoms with E-state index in [-0.39, 0.29) is 17.2 Å². The molecule has 1 heterocycles. The number of rotatable bonds is 12. The lowest BCUT2D eigenvalue weighted by Crippen LogP contribution is -2.42. The van der Waals surface area contributed by atoms with Crippen molar-refractivity contribution in [3.63, 3.8) is 0 Å². The molecular formula is C29H31FN2O8. The van der Waals surface area contributed by atoms with Crippen LogP contribution in [0.15, 0.2) is 60.8 Å². The largest absolute Gasteiger partial charge is 0.493 e. The molecule has 11 heteroatoms. The first-order valence-corrected chi connectivity index (χ1v) is 12.4. The van der Waals surface area contributed by atoms with Gasteiger partial charge in [-0.1, -0.05) is 29.8 Å². The summed E-state index contributed by atoms with van der Waals surface area (Å²) in [4.78, 5) is 41.1. The normalized spacial score (nSPS) is 12.8. The van der Waals surface area contributed by atoms with Crippen LogP contribution in [0.4, 0.5) is 4.39 Å². The number of nitrogens with zero attached hydrogens (tertiary/aromatic N) is 1. The summed E-state index contributed by atoms with van der Waals surface area (Å²) >= 11 is 0. The second-order valence-corrected chi connectivity index (χ2v) is 8.83. The number of hydrogen-bond acceptors (Lipinski definition) is 9. The van der Waals surface area contributed by atoms with Crippen molar-refractivity contribution < 1.29 is 42.5 Å². The van der Waals surface area contributed by atoms with Crippen molar-refractivity contribution in [1.29, 1.82) is 0 Å². The van der Waals surface area contributed by atoms with E-state index >= 15 is 0 Å². The molecule has 0 aliphatic heterocycles. The molecule has 1 amide bonds. The molecule has 0 radical (unpaired) electrons. The molecule has 0 spiro atoms. The summed E-state index contributed by atoms with van der Waals surface area (Å²) in [5.41, 5.74) is 1.44. The first-order chi connectivity index (χ1) is 19.1. The Labute approximate surface area is 231 Å². The predicted octanol–water partition coefficient (Wildman–Crippen LogP) is 4.31. The highest BCUT2D eigenvalue weighted by Gasteiger charge is 2.29. The lowest BCUT2D eigenvalue weighted by atomic mass is 10.0. The fourth-order valence-corrected chi connectivity index (χ4v) is 3.59. The quantitative estimate of drug-likeness (QED) is 0.258. The lowest BCUT2D eigenvalue weighted by Gasteiger charge is -2.27. The van der Waals surface area contributed by atoms with Gasteiger partial charge < -0.3 is 29.0 Å². The number of ether oxygens (including phenoxy) is 5. The number of benzene rings is 2. The number of carbonyl (C=O) groups excluding carboxylic acids is 3. The van der Waals surface area contributed by atoms with E-state index in [9.17, 15) is 18.8 Å². The van der Waals surface area contributed by atoms with Gasteiger partial charge in [0.1, 0.15) is 23.7 Å².